The number of piperidine rings is 1. The van der Waals surface area contributed by atoms with E-state index in [2.05, 4.69) is 11.0 Å². The number of para-hydroxylation sites is 1. The molecule has 0 saturated carbocycles. The largest absolute Gasteiger partial charge is 0.376 e. The van der Waals surface area contributed by atoms with Gasteiger partial charge in [-0.3, -0.25) is 9.69 Å². The molecule has 4 rings (SSSR count). The minimum atomic E-state index is -0.219. The Hall–Kier alpha value is -2.24. The molecule has 0 aliphatic carbocycles. The quantitative estimate of drug-likeness (QED) is 0.765. The van der Waals surface area contributed by atoms with Crippen molar-refractivity contribution >= 4 is 11.6 Å². The summed E-state index contributed by atoms with van der Waals surface area (Å²) >= 11 is 0. The summed E-state index contributed by atoms with van der Waals surface area (Å²) in [6.45, 7) is 4.41. The number of hydrogen-bond acceptors (Lipinski definition) is 3. The molecule has 2 aromatic rings. The number of halogens is 1. The first-order valence-electron chi connectivity index (χ1n) is 10.1. The number of ether oxygens (including phenoxy) is 1. The molecule has 0 aromatic heterocycles. The molecule has 1 saturated heterocycles. The van der Waals surface area contributed by atoms with Crippen molar-refractivity contribution in [3.63, 3.8) is 0 Å². The van der Waals surface area contributed by atoms with E-state index in [1.807, 2.05) is 23.1 Å². The van der Waals surface area contributed by atoms with Crippen molar-refractivity contribution in [1.29, 1.82) is 0 Å². The van der Waals surface area contributed by atoms with Crippen LogP contribution in [-0.2, 0) is 22.6 Å². The number of likely N-dealkylation sites (tertiary alicyclic amines) is 1. The highest BCUT2D eigenvalue weighted by Crippen LogP contribution is 2.28. The highest BCUT2D eigenvalue weighted by molar-refractivity contribution is 5.96. The van der Waals surface area contributed by atoms with E-state index in [9.17, 15) is 9.18 Å². The van der Waals surface area contributed by atoms with Crippen LogP contribution in [0.2, 0.25) is 0 Å². The zero-order valence-electron chi connectivity index (χ0n) is 16.1. The smallest absolute Gasteiger partial charge is 0.241 e. The average Bonchev–Trinajstić information content (AvgIpc) is 3.15. The van der Waals surface area contributed by atoms with Gasteiger partial charge in [-0.2, -0.15) is 0 Å². The van der Waals surface area contributed by atoms with E-state index in [4.69, 9.17) is 4.74 Å². The van der Waals surface area contributed by atoms with E-state index < -0.39 is 0 Å². The van der Waals surface area contributed by atoms with Gasteiger partial charge in [0, 0.05) is 18.8 Å². The maximum Gasteiger partial charge on any atom is 0.241 e. The Morgan fingerprint density at radius 2 is 1.79 bits per heavy atom. The van der Waals surface area contributed by atoms with E-state index in [0.717, 1.165) is 56.8 Å². The normalized spacial score (nSPS) is 17.7. The molecule has 28 heavy (non-hydrogen) atoms. The lowest BCUT2D eigenvalue weighted by Gasteiger charge is -2.32. The molecular weight excluding hydrogens is 355 g/mol. The summed E-state index contributed by atoms with van der Waals surface area (Å²) in [6, 6.07) is 14.7. The van der Waals surface area contributed by atoms with E-state index in [0.29, 0.717) is 19.1 Å². The molecule has 0 N–H and O–H groups in total. The van der Waals surface area contributed by atoms with Crippen molar-refractivity contribution in [2.24, 2.45) is 5.92 Å². The second-order valence-electron chi connectivity index (χ2n) is 7.79. The third-order valence-corrected chi connectivity index (χ3v) is 5.79. The third-order valence-electron chi connectivity index (χ3n) is 5.79. The van der Waals surface area contributed by atoms with Crippen LogP contribution in [0.5, 0.6) is 0 Å². The van der Waals surface area contributed by atoms with Gasteiger partial charge in [0.05, 0.1) is 13.2 Å². The number of amides is 1. The van der Waals surface area contributed by atoms with E-state index >= 15 is 0 Å². The monoisotopic (exact) mass is 382 g/mol. The van der Waals surface area contributed by atoms with Gasteiger partial charge in [0.15, 0.2) is 0 Å². The molecule has 1 amide bonds. The van der Waals surface area contributed by atoms with Crippen molar-refractivity contribution in [2.45, 2.75) is 25.9 Å². The van der Waals surface area contributed by atoms with Gasteiger partial charge in [-0.15, -0.1) is 0 Å². The topological polar surface area (TPSA) is 32.8 Å². The van der Waals surface area contributed by atoms with Gasteiger partial charge in [-0.25, -0.2) is 4.39 Å². The van der Waals surface area contributed by atoms with Gasteiger partial charge in [0.2, 0.25) is 5.91 Å². The van der Waals surface area contributed by atoms with E-state index in [1.165, 1.54) is 17.7 Å². The van der Waals surface area contributed by atoms with Crippen LogP contribution in [0.4, 0.5) is 10.1 Å². The lowest BCUT2D eigenvalue weighted by Crippen LogP contribution is -2.43. The van der Waals surface area contributed by atoms with Gasteiger partial charge >= 0.3 is 0 Å². The van der Waals surface area contributed by atoms with Crippen molar-refractivity contribution in [3.8, 4) is 0 Å². The molecule has 4 nitrogen and oxygen atoms in total. The predicted molar refractivity (Wildman–Crippen MR) is 108 cm³/mol. The van der Waals surface area contributed by atoms with E-state index in [-0.39, 0.29) is 11.7 Å². The number of carbonyl (C=O) groups excluding carboxylic acids is 1. The number of carbonyl (C=O) groups is 1. The van der Waals surface area contributed by atoms with Gasteiger partial charge in [0.25, 0.3) is 0 Å². The van der Waals surface area contributed by atoms with Crippen LogP contribution in [-0.4, -0.2) is 43.6 Å². The molecule has 2 aliphatic rings. The maximum atomic E-state index is 12.9. The lowest BCUT2D eigenvalue weighted by molar-refractivity contribution is -0.120. The molecule has 2 aliphatic heterocycles. The molecule has 0 unspecified atom stereocenters. The van der Waals surface area contributed by atoms with Crippen LogP contribution >= 0.6 is 0 Å². The average molecular weight is 382 g/mol. The van der Waals surface area contributed by atoms with Gasteiger partial charge < -0.3 is 9.64 Å². The minimum absolute atomic E-state index is 0.205. The molecular formula is C23H27FN2O2. The zero-order valence-corrected chi connectivity index (χ0v) is 16.1. The lowest BCUT2D eigenvalue weighted by atomic mass is 9.98. The number of anilines is 1. The van der Waals surface area contributed by atoms with Crippen molar-refractivity contribution in [2.75, 3.05) is 37.7 Å². The van der Waals surface area contributed by atoms with Crippen LogP contribution in [0.25, 0.3) is 0 Å². The molecule has 0 bridgehead atoms. The fraction of sp³-hybridized carbons (Fsp3) is 0.435. The summed E-state index contributed by atoms with van der Waals surface area (Å²) in [5, 5.41) is 0. The predicted octanol–water partition coefficient (Wildman–Crippen LogP) is 3.64. The van der Waals surface area contributed by atoms with Crippen molar-refractivity contribution < 1.29 is 13.9 Å². The Balaban J connectivity index is 1.18. The first-order valence-corrected chi connectivity index (χ1v) is 10.1. The SMILES string of the molecule is O=C(CN1CCC(COCc2ccc(F)cc2)CC1)N1CCc2ccccc21. The zero-order chi connectivity index (χ0) is 19.3. The summed E-state index contributed by atoms with van der Waals surface area (Å²) in [5.74, 6) is 0.512. The highest BCUT2D eigenvalue weighted by Gasteiger charge is 2.27. The van der Waals surface area contributed by atoms with Crippen molar-refractivity contribution in [3.05, 3.63) is 65.5 Å². The molecule has 148 valence electrons. The van der Waals surface area contributed by atoms with Gasteiger partial charge in [0.1, 0.15) is 5.82 Å². The molecule has 1 fully saturated rings. The van der Waals surface area contributed by atoms with Crippen LogP contribution in [0, 0.1) is 11.7 Å². The molecule has 0 atom stereocenters. The van der Waals surface area contributed by atoms with Crippen LogP contribution in [0.3, 0.4) is 0 Å². The Kier molecular flexibility index (Phi) is 6.03. The first-order chi connectivity index (χ1) is 13.7. The Labute approximate surface area is 165 Å². The van der Waals surface area contributed by atoms with Crippen LogP contribution in [0.1, 0.15) is 24.0 Å². The number of rotatable bonds is 6. The second kappa shape index (κ2) is 8.84. The number of hydrogen-bond donors (Lipinski definition) is 0. The molecule has 2 aromatic carbocycles. The number of nitrogens with zero attached hydrogens (tertiary/aromatic N) is 2. The number of fused-ring (bicyclic) bond motifs is 1. The number of benzene rings is 2. The Morgan fingerprint density at radius 3 is 2.57 bits per heavy atom. The minimum Gasteiger partial charge on any atom is -0.376 e. The third kappa shape index (κ3) is 4.59. The Bertz CT molecular complexity index is 801. The molecule has 2 heterocycles. The van der Waals surface area contributed by atoms with Gasteiger partial charge in [-0.1, -0.05) is 30.3 Å². The summed E-state index contributed by atoms with van der Waals surface area (Å²) in [5.41, 5.74) is 3.35. The summed E-state index contributed by atoms with van der Waals surface area (Å²) in [4.78, 5) is 16.9. The van der Waals surface area contributed by atoms with E-state index in [1.54, 1.807) is 12.1 Å². The van der Waals surface area contributed by atoms with Crippen LogP contribution in [0.15, 0.2) is 48.5 Å². The first kappa shape index (κ1) is 19.1. The molecule has 0 spiro atoms. The fourth-order valence-electron chi connectivity index (χ4n) is 4.11. The Morgan fingerprint density at radius 1 is 1.04 bits per heavy atom. The van der Waals surface area contributed by atoms with Crippen LogP contribution < -0.4 is 4.90 Å². The molecule has 0 radical (unpaired) electrons. The standard InChI is InChI=1S/C23H27FN2O2/c24-21-7-5-18(6-8-21)16-28-17-19-9-12-25(13-10-19)15-23(27)26-14-11-20-3-1-2-4-22(20)26/h1-8,19H,9-17H2. The summed E-state index contributed by atoms with van der Waals surface area (Å²) in [7, 11) is 0. The second-order valence-corrected chi connectivity index (χ2v) is 7.79. The maximum absolute atomic E-state index is 12.9. The van der Waals surface area contributed by atoms with Crippen molar-refractivity contribution in [1.82, 2.24) is 4.90 Å². The summed E-state index contributed by atoms with van der Waals surface area (Å²) < 4.78 is 18.7. The fourth-order valence-corrected chi connectivity index (χ4v) is 4.11. The highest BCUT2D eigenvalue weighted by atomic mass is 19.1. The summed E-state index contributed by atoms with van der Waals surface area (Å²) in [6.07, 6.45) is 3.05. The molecule has 5 heteroatoms. The van der Waals surface area contributed by atoms with Gasteiger partial charge in [-0.05, 0) is 67.6 Å².